The highest BCUT2D eigenvalue weighted by molar-refractivity contribution is 6.29. The van der Waals surface area contributed by atoms with Crippen LogP contribution in [-0.4, -0.2) is 11.5 Å². The quantitative estimate of drug-likeness (QED) is 0.613. The van der Waals surface area contributed by atoms with Gasteiger partial charge in [0.25, 0.3) is 0 Å². The molecule has 0 amide bonds. The molecule has 0 aliphatic heterocycles. The van der Waals surface area contributed by atoms with E-state index < -0.39 is 0 Å². The minimum Gasteiger partial charge on any atom is -0.370 e. The molecule has 2 N–H and O–H groups in total. The number of hydrogen-bond donors (Lipinski definition) is 2. The van der Waals surface area contributed by atoms with Crippen molar-refractivity contribution in [3.8, 4) is 12.1 Å². The number of nitrogens with zero attached hydrogens (tertiary/aromatic N) is 3. The Hall–Kier alpha value is -2.24. The van der Waals surface area contributed by atoms with Gasteiger partial charge in [0.15, 0.2) is 5.57 Å². The number of halogens is 1. The van der Waals surface area contributed by atoms with Gasteiger partial charge in [0.05, 0.1) is 0 Å². The van der Waals surface area contributed by atoms with Gasteiger partial charge in [-0.3, -0.25) is 0 Å². The first kappa shape index (κ1) is 14.8. The summed E-state index contributed by atoms with van der Waals surface area (Å²) < 4.78 is 0. The van der Waals surface area contributed by atoms with Crippen LogP contribution in [0.5, 0.6) is 0 Å². The topological polar surface area (TPSA) is 84.5 Å². The van der Waals surface area contributed by atoms with E-state index in [1.807, 2.05) is 25.1 Å². The molecule has 1 rings (SSSR count). The smallest absolute Gasteiger partial charge is 0.169 e. The lowest BCUT2D eigenvalue weighted by Gasteiger charge is -2.12. The molecule has 0 aliphatic rings. The van der Waals surface area contributed by atoms with Gasteiger partial charge in [-0.15, -0.1) is 0 Å². The maximum atomic E-state index is 8.89. The number of rotatable bonds is 6. The zero-order valence-electron chi connectivity index (χ0n) is 10.6. The Balaban J connectivity index is 2.74. The first-order valence-electron chi connectivity index (χ1n) is 5.84. The van der Waals surface area contributed by atoms with Crippen molar-refractivity contribution in [3.63, 3.8) is 0 Å². The van der Waals surface area contributed by atoms with E-state index in [2.05, 4.69) is 15.6 Å². The Morgan fingerprint density at radius 1 is 1.32 bits per heavy atom. The van der Waals surface area contributed by atoms with Gasteiger partial charge < -0.3 is 10.6 Å². The predicted octanol–water partition coefficient (Wildman–Crippen LogP) is 2.08. The summed E-state index contributed by atoms with van der Waals surface area (Å²) in [6.07, 6.45) is 2.54. The van der Waals surface area contributed by atoms with Crippen molar-refractivity contribution in [1.82, 2.24) is 15.6 Å². The maximum Gasteiger partial charge on any atom is 0.169 e. The number of pyridine rings is 1. The number of allylic oxidation sites excluding steroid dienone is 1. The van der Waals surface area contributed by atoms with Gasteiger partial charge >= 0.3 is 0 Å². The Labute approximate surface area is 117 Å². The lowest BCUT2D eigenvalue weighted by molar-refractivity contribution is 0.666. The summed E-state index contributed by atoms with van der Waals surface area (Å²) >= 11 is 5.70. The summed E-state index contributed by atoms with van der Waals surface area (Å²) in [7, 11) is 0. The van der Waals surface area contributed by atoms with Gasteiger partial charge in [0.2, 0.25) is 0 Å². The van der Waals surface area contributed by atoms with Crippen LogP contribution in [0, 0.1) is 22.7 Å². The van der Waals surface area contributed by atoms with Crippen molar-refractivity contribution in [2.75, 3.05) is 6.54 Å². The molecule has 19 heavy (non-hydrogen) atoms. The summed E-state index contributed by atoms with van der Waals surface area (Å²) in [5.41, 5.74) is 0.950. The molecule has 5 nitrogen and oxygen atoms in total. The second kappa shape index (κ2) is 7.97. The van der Waals surface area contributed by atoms with Crippen molar-refractivity contribution < 1.29 is 0 Å². The van der Waals surface area contributed by atoms with Crippen molar-refractivity contribution in [2.24, 2.45) is 0 Å². The summed E-state index contributed by atoms with van der Waals surface area (Å²) in [4.78, 5) is 3.96. The highest BCUT2D eigenvalue weighted by Gasteiger charge is 2.05. The van der Waals surface area contributed by atoms with Gasteiger partial charge in [0.1, 0.15) is 23.1 Å². The van der Waals surface area contributed by atoms with Gasteiger partial charge in [-0.25, -0.2) is 4.98 Å². The molecule has 0 fully saturated rings. The first-order chi connectivity index (χ1) is 9.21. The van der Waals surface area contributed by atoms with Gasteiger partial charge in [-0.05, 0) is 18.1 Å². The third-order valence-electron chi connectivity index (χ3n) is 2.28. The molecule has 1 aromatic heterocycles. The fourth-order valence-electron chi connectivity index (χ4n) is 1.33. The van der Waals surface area contributed by atoms with E-state index in [1.54, 1.807) is 12.3 Å². The molecule has 0 spiro atoms. The van der Waals surface area contributed by atoms with E-state index in [1.165, 1.54) is 0 Å². The maximum absolute atomic E-state index is 8.89. The molecule has 0 aliphatic carbocycles. The van der Waals surface area contributed by atoms with Crippen LogP contribution in [0.4, 0.5) is 0 Å². The fraction of sp³-hybridized carbons (Fsp3) is 0.308. The normalized spacial score (nSPS) is 9.05. The molecular formula is C13H14ClN5. The SMILES string of the molecule is CCCNC(NCc1ccc(Cl)nc1)=C(C#N)C#N. The van der Waals surface area contributed by atoms with Crippen LogP contribution in [0.15, 0.2) is 29.7 Å². The zero-order valence-corrected chi connectivity index (χ0v) is 11.3. The van der Waals surface area contributed by atoms with Crippen LogP contribution in [0.1, 0.15) is 18.9 Å². The summed E-state index contributed by atoms with van der Waals surface area (Å²) in [6.45, 7) is 3.16. The minimum atomic E-state index is 0.0374. The molecule has 98 valence electrons. The Bertz CT molecular complexity index is 505. The van der Waals surface area contributed by atoms with E-state index >= 15 is 0 Å². The van der Waals surface area contributed by atoms with Crippen molar-refractivity contribution in [3.05, 3.63) is 40.4 Å². The predicted molar refractivity (Wildman–Crippen MR) is 72.6 cm³/mol. The molecule has 6 heteroatoms. The summed E-state index contributed by atoms with van der Waals surface area (Å²) in [5, 5.41) is 24.3. The largest absolute Gasteiger partial charge is 0.370 e. The van der Waals surface area contributed by atoms with Gasteiger partial charge in [0, 0.05) is 19.3 Å². The van der Waals surface area contributed by atoms with Crippen LogP contribution >= 0.6 is 11.6 Å². The Morgan fingerprint density at radius 2 is 2.05 bits per heavy atom. The van der Waals surface area contributed by atoms with Gasteiger partial charge in [-0.1, -0.05) is 24.6 Å². The lowest BCUT2D eigenvalue weighted by atomic mass is 10.2. The average molecular weight is 276 g/mol. The van der Waals surface area contributed by atoms with Crippen molar-refractivity contribution in [1.29, 1.82) is 10.5 Å². The number of aromatic nitrogens is 1. The molecule has 1 heterocycles. The molecule has 0 saturated heterocycles. The third-order valence-corrected chi connectivity index (χ3v) is 2.51. The molecule has 1 aromatic rings. The highest BCUT2D eigenvalue weighted by Crippen LogP contribution is 2.06. The Kier molecular flexibility index (Phi) is 6.21. The van der Waals surface area contributed by atoms with Crippen LogP contribution < -0.4 is 10.6 Å². The summed E-state index contributed by atoms with van der Waals surface area (Å²) in [5.74, 6) is 0.446. The van der Waals surface area contributed by atoms with E-state index in [-0.39, 0.29) is 5.57 Å². The fourth-order valence-corrected chi connectivity index (χ4v) is 1.44. The van der Waals surface area contributed by atoms with Crippen LogP contribution in [0.2, 0.25) is 5.15 Å². The molecule has 0 aromatic carbocycles. The van der Waals surface area contributed by atoms with Crippen LogP contribution in [-0.2, 0) is 6.54 Å². The van der Waals surface area contributed by atoms with E-state index in [9.17, 15) is 0 Å². The second-order valence-corrected chi connectivity index (χ2v) is 4.13. The third kappa shape index (κ3) is 4.87. The number of hydrogen-bond acceptors (Lipinski definition) is 5. The molecule has 0 radical (unpaired) electrons. The lowest BCUT2D eigenvalue weighted by Crippen LogP contribution is -2.28. The average Bonchev–Trinajstić information content (AvgIpc) is 2.44. The van der Waals surface area contributed by atoms with E-state index in [4.69, 9.17) is 22.1 Å². The van der Waals surface area contributed by atoms with Crippen molar-refractivity contribution in [2.45, 2.75) is 19.9 Å². The molecular weight excluding hydrogens is 262 g/mol. The van der Waals surface area contributed by atoms with E-state index in [0.717, 1.165) is 12.0 Å². The standard InChI is InChI=1S/C13H14ClN5/c1-2-5-17-13(11(6-15)7-16)19-9-10-3-4-12(14)18-8-10/h3-4,8,17,19H,2,5,9H2,1H3. The molecule has 0 atom stereocenters. The first-order valence-corrected chi connectivity index (χ1v) is 6.21. The van der Waals surface area contributed by atoms with Crippen LogP contribution in [0.25, 0.3) is 0 Å². The zero-order chi connectivity index (χ0) is 14.1. The minimum absolute atomic E-state index is 0.0374. The monoisotopic (exact) mass is 275 g/mol. The number of nitriles is 2. The highest BCUT2D eigenvalue weighted by atomic mass is 35.5. The van der Waals surface area contributed by atoms with E-state index in [0.29, 0.717) is 24.1 Å². The number of nitrogens with one attached hydrogen (secondary N) is 2. The molecule has 0 saturated carbocycles. The molecule has 0 unspecified atom stereocenters. The summed E-state index contributed by atoms with van der Waals surface area (Å²) in [6, 6.07) is 7.25. The van der Waals surface area contributed by atoms with Crippen molar-refractivity contribution >= 4 is 11.6 Å². The van der Waals surface area contributed by atoms with Crippen LogP contribution in [0.3, 0.4) is 0 Å². The second-order valence-electron chi connectivity index (χ2n) is 3.74. The molecule has 0 bridgehead atoms. The van der Waals surface area contributed by atoms with Gasteiger partial charge in [-0.2, -0.15) is 10.5 Å². The Morgan fingerprint density at radius 3 is 2.58 bits per heavy atom.